The number of carbonyl (C=O) groups is 1. The third-order valence-electron chi connectivity index (χ3n) is 4.38. The van der Waals surface area contributed by atoms with Crippen LogP contribution < -0.4 is 4.90 Å². The van der Waals surface area contributed by atoms with Gasteiger partial charge in [0.1, 0.15) is 0 Å². The lowest BCUT2D eigenvalue weighted by Gasteiger charge is -2.28. The second-order valence-electron chi connectivity index (χ2n) is 6.20. The van der Waals surface area contributed by atoms with Crippen LogP contribution in [0.4, 0.5) is 5.69 Å². The average molecular weight is 305 g/mol. The van der Waals surface area contributed by atoms with Crippen LogP contribution in [0.25, 0.3) is 6.08 Å². The molecule has 1 saturated heterocycles. The van der Waals surface area contributed by atoms with Crippen molar-refractivity contribution in [3.63, 3.8) is 0 Å². The lowest BCUT2D eigenvalue weighted by atomic mass is 10.1. The number of benzene rings is 2. The molecule has 0 unspecified atom stereocenters. The summed E-state index contributed by atoms with van der Waals surface area (Å²) in [4.78, 5) is 14.7. The van der Waals surface area contributed by atoms with Crippen molar-refractivity contribution in [3.8, 4) is 0 Å². The van der Waals surface area contributed by atoms with Crippen molar-refractivity contribution in [1.82, 2.24) is 0 Å². The molecule has 2 aromatic rings. The standard InChI is InChI=1S/C21H23NO/c1-17-5-7-18(8-6-17)9-14-21(23)19-10-12-20(13-11-19)22-15-3-2-4-16-22/h5-14H,2-4,15-16H2,1H3/b14-9+. The van der Waals surface area contributed by atoms with Crippen LogP contribution in [0.1, 0.15) is 40.7 Å². The third-order valence-corrected chi connectivity index (χ3v) is 4.38. The van der Waals surface area contributed by atoms with E-state index in [1.54, 1.807) is 6.08 Å². The molecule has 0 bridgehead atoms. The molecule has 2 heteroatoms. The Labute approximate surface area is 138 Å². The SMILES string of the molecule is Cc1ccc(/C=C/C(=O)c2ccc(N3CCCCC3)cc2)cc1. The first-order chi connectivity index (χ1) is 11.2. The molecule has 23 heavy (non-hydrogen) atoms. The Hall–Kier alpha value is -2.35. The molecule has 0 radical (unpaired) electrons. The summed E-state index contributed by atoms with van der Waals surface area (Å²) in [5.41, 5.74) is 4.24. The predicted molar refractivity (Wildman–Crippen MR) is 97.0 cm³/mol. The van der Waals surface area contributed by atoms with E-state index >= 15 is 0 Å². The Balaban J connectivity index is 1.66. The molecule has 0 aliphatic carbocycles. The van der Waals surface area contributed by atoms with Crippen LogP contribution in [0, 0.1) is 6.92 Å². The van der Waals surface area contributed by atoms with E-state index in [1.165, 1.54) is 30.5 Å². The van der Waals surface area contributed by atoms with Crippen LogP contribution in [-0.4, -0.2) is 18.9 Å². The first kappa shape index (κ1) is 15.5. The molecule has 3 rings (SSSR count). The quantitative estimate of drug-likeness (QED) is 0.592. The average Bonchev–Trinajstić information content (AvgIpc) is 2.62. The van der Waals surface area contributed by atoms with E-state index in [-0.39, 0.29) is 5.78 Å². The van der Waals surface area contributed by atoms with Crippen LogP contribution in [0.5, 0.6) is 0 Å². The molecule has 0 aromatic heterocycles. The van der Waals surface area contributed by atoms with Crippen LogP contribution >= 0.6 is 0 Å². The molecular formula is C21H23NO. The van der Waals surface area contributed by atoms with Gasteiger partial charge in [-0.1, -0.05) is 35.9 Å². The fourth-order valence-electron chi connectivity index (χ4n) is 2.93. The Morgan fingerprint density at radius 3 is 2.22 bits per heavy atom. The summed E-state index contributed by atoms with van der Waals surface area (Å²) in [6, 6.07) is 16.2. The Morgan fingerprint density at radius 1 is 0.913 bits per heavy atom. The molecule has 2 aromatic carbocycles. The monoisotopic (exact) mass is 305 g/mol. The van der Waals surface area contributed by atoms with Gasteiger partial charge in [-0.15, -0.1) is 0 Å². The Morgan fingerprint density at radius 2 is 1.57 bits per heavy atom. The number of anilines is 1. The summed E-state index contributed by atoms with van der Waals surface area (Å²) in [6.07, 6.45) is 7.39. The summed E-state index contributed by atoms with van der Waals surface area (Å²) in [5, 5.41) is 0. The summed E-state index contributed by atoms with van der Waals surface area (Å²) < 4.78 is 0. The van der Waals surface area contributed by atoms with Crippen LogP contribution in [-0.2, 0) is 0 Å². The van der Waals surface area contributed by atoms with Crippen molar-refractivity contribution in [3.05, 3.63) is 71.3 Å². The van der Waals surface area contributed by atoms with E-state index in [1.807, 2.05) is 30.3 Å². The number of hydrogen-bond donors (Lipinski definition) is 0. The normalized spacial score (nSPS) is 15.1. The third kappa shape index (κ3) is 4.10. The van der Waals surface area contributed by atoms with Gasteiger partial charge < -0.3 is 4.90 Å². The van der Waals surface area contributed by atoms with Crippen molar-refractivity contribution in [1.29, 1.82) is 0 Å². The number of nitrogens with zero attached hydrogens (tertiary/aromatic N) is 1. The van der Waals surface area contributed by atoms with E-state index in [9.17, 15) is 4.79 Å². The highest BCUT2D eigenvalue weighted by Crippen LogP contribution is 2.20. The number of carbonyl (C=O) groups excluding carboxylic acids is 1. The zero-order valence-electron chi connectivity index (χ0n) is 13.7. The number of aryl methyl sites for hydroxylation is 1. The summed E-state index contributed by atoms with van der Waals surface area (Å²) >= 11 is 0. The topological polar surface area (TPSA) is 20.3 Å². The van der Waals surface area contributed by atoms with Crippen molar-refractivity contribution in [2.75, 3.05) is 18.0 Å². The number of hydrogen-bond acceptors (Lipinski definition) is 2. The number of ketones is 1. The number of piperidine rings is 1. The van der Waals surface area contributed by atoms with Crippen LogP contribution in [0.3, 0.4) is 0 Å². The highest BCUT2D eigenvalue weighted by atomic mass is 16.1. The van der Waals surface area contributed by atoms with Gasteiger partial charge in [0, 0.05) is 24.3 Å². The fourth-order valence-corrected chi connectivity index (χ4v) is 2.93. The van der Waals surface area contributed by atoms with Gasteiger partial charge in [0.05, 0.1) is 0 Å². The summed E-state index contributed by atoms with van der Waals surface area (Å²) in [5.74, 6) is 0.0516. The van der Waals surface area contributed by atoms with Gasteiger partial charge in [-0.05, 0) is 62.1 Å². The van der Waals surface area contributed by atoms with E-state index < -0.39 is 0 Å². The number of rotatable bonds is 4. The molecule has 1 heterocycles. The molecule has 1 aliphatic heterocycles. The van der Waals surface area contributed by atoms with Gasteiger partial charge in [0.2, 0.25) is 0 Å². The second-order valence-corrected chi connectivity index (χ2v) is 6.20. The highest BCUT2D eigenvalue weighted by Gasteiger charge is 2.11. The van der Waals surface area contributed by atoms with Gasteiger partial charge in [0.15, 0.2) is 5.78 Å². The van der Waals surface area contributed by atoms with Gasteiger partial charge >= 0.3 is 0 Å². The largest absolute Gasteiger partial charge is 0.372 e. The summed E-state index contributed by atoms with van der Waals surface area (Å²) in [7, 11) is 0. The molecule has 118 valence electrons. The fraction of sp³-hybridized carbons (Fsp3) is 0.286. The van der Waals surface area contributed by atoms with Crippen LogP contribution in [0.15, 0.2) is 54.6 Å². The Kier molecular flexibility index (Phi) is 4.92. The van der Waals surface area contributed by atoms with Gasteiger partial charge in [0.25, 0.3) is 0 Å². The maximum Gasteiger partial charge on any atom is 0.185 e. The zero-order valence-corrected chi connectivity index (χ0v) is 13.7. The first-order valence-electron chi connectivity index (χ1n) is 8.36. The van der Waals surface area contributed by atoms with E-state index in [0.717, 1.165) is 24.2 Å². The number of allylic oxidation sites excluding steroid dienone is 1. The second kappa shape index (κ2) is 7.28. The van der Waals surface area contributed by atoms with E-state index in [4.69, 9.17) is 0 Å². The molecular weight excluding hydrogens is 282 g/mol. The Bertz CT molecular complexity index is 677. The molecule has 0 atom stereocenters. The van der Waals surface area contributed by atoms with Gasteiger partial charge in [-0.3, -0.25) is 4.79 Å². The van der Waals surface area contributed by atoms with E-state index in [2.05, 4.69) is 36.1 Å². The molecule has 0 spiro atoms. The zero-order chi connectivity index (χ0) is 16.1. The van der Waals surface area contributed by atoms with Gasteiger partial charge in [-0.25, -0.2) is 0 Å². The van der Waals surface area contributed by atoms with Crippen molar-refractivity contribution < 1.29 is 4.79 Å². The van der Waals surface area contributed by atoms with E-state index in [0.29, 0.717) is 0 Å². The molecule has 0 N–H and O–H groups in total. The minimum atomic E-state index is 0.0516. The van der Waals surface area contributed by atoms with Crippen LogP contribution in [0.2, 0.25) is 0 Å². The predicted octanol–water partition coefficient (Wildman–Crippen LogP) is 4.88. The maximum atomic E-state index is 12.3. The van der Waals surface area contributed by atoms with Crippen molar-refractivity contribution in [2.24, 2.45) is 0 Å². The first-order valence-corrected chi connectivity index (χ1v) is 8.36. The minimum absolute atomic E-state index is 0.0516. The lowest BCUT2D eigenvalue weighted by Crippen LogP contribution is -2.29. The smallest absolute Gasteiger partial charge is 0.185 e. The molecule has 0 saturated carbocycles. The summed E-state index contributed by atoms with van der Waals surface area (Å²) in [6.45, 7) is 4.31. The molecule has 1 aliphatic rings. The van der Waals surface area contributed by atoms with Gasteiger partial charge in [-0.2, -0.15) is 0 Å². The van der Waals surface area contributed by atoms with Crippen molar-refractivity contribution >= 4 is 17.5 Å². The molecule has 2 nitrogen and oxygen atoms in total. The molecule has 1 fully saturated rings. The van der Waals surface area contributed by atoms with Crippen molar-refractivity contribution in [2.45, 2.75) is 26.2 Å². The highest BCUT2D eigenvalue weighted by molar-refractivity contribution is 6.06. The maximum absolute atomic E-state index is 12.3. The lowest BCUT2D eigenvalue weighted by molar-refractivity contribution is 0.104. The minimum Gasteiger partial charge on any atom is -0.372 e. The molecule has 0 amide bonds.